The number of rotatable bonds is 6. The molecule has 1 heterocycles. The largest absolute Gasteiger partial charge is 0.353 e. The molecule has 0 aliphatic rings. The standard InChI is InChI=1S/C15H19N3OS3/c1-10(2)11(3)16-13(19)9-21-14-17-18(15(20)22-14)12-7-5-4-6-8-12/h4-8,10-11H,9H2,1-3H3,(H,16,19). The van der Waals surface area contributed by atoms with E-state index in [-0.39, 0.29) is 11.9 Å². The van der Waals surface area contributed by atoms with Crippen LogP contribution >= 0.6 is 35.3 Å². The van der Waals surface area contributed by atoms with Gasteiger partial charge < -0.3 is 5.32 Å². The van der Waals surface area contributed by atoms with Gasteiger partial charge in [-0.2, -0.15) is 0 Å². The first-order chi connectivity index (χ1) is 10.5. The molecule has 0 saturated carbocycles. The monoisotopic (exact) mass is 353 g/mol. The molecule has 1 unspecified atom stereocenters. The Morgan fingerprint density at radius 2 is 2.05 bits per heavy atom. The maximum atomic E-state index is 11.9. The topological polar surface area (TPSA) is 46.9 Å². The lowest BCUT2D eigenvalue weighted by molar-refractivity contribution is -0.119. The molecular weight excluding hydrogens is 334 g/mol. The number of hydrogen-bond donors (Lipinski definition) is 1. The van der Waals surface area contributed by atoms with Gasteiger partial charge in [0.2, 0.25) is 5.91 Å². The van der Waals surface area contributed by atoms with Gasteiger partial charge in [-0.15, -0.1) is 5.10 Å². The number of hydrogen-bond acceptors (Lipinski definition) is 5. The van der Waals surface area contributed by atoms with Crippen molar-refractivity contribution in [1.29, 1.82) is 0 Å². The summed E-state index contributed by atoms with van der Waals surface area (Å²) in [7, 11) is 0. The Morgan fingerprint density at radius 3 is 2.68 bits per heavy atom. The molecule has 1 aromatic heterocycles. The average Bonchev–Trinajstić information content (AvgIpc) is 2.87. The van der Waals surface area contributed by atoms with E-state index < -0.39 is 0 Å². The fourth-order valence-corrected chi connectivity index (χ4v) is 3.81. The van der Waals surface area contributed by atoms with E-state index in [1.54, 1.807) is 4.68 Å². The molecule has 7 heteroatoms. The SMILES string of the molecule is CC(C)C(C)NC(=O)CSc1nn(-c2ccccc2)c(=S)s1. The molecule has 118 valence electrons. The summed E-state index contributed by atoms with van der Waals surface area (Å²) >= 11 is 8.19. The number of nitrogens with zero attached hydrogens (tertiary/aromatic N) is 2. The van der Waals surface area contributed by atoms with Crippen LogP contribution in [0.3, 0.4) is 0 Å². The van der Waals surface area contributed by atoms with Crippen molar-refractivity contribution in [2.24, 2.45) is 5.92 Å². The van der Waals surface area contributed by atoms with Gasteiger partial charge >= 0.3 is 0 Å². The molecule has 0 fully saturated rings. The van der Waals surface area contributed by atoms with Crippen LogP contribution in [-0.2, 0) is 4.79 Å². The number of benzene rings is 1. The Bertz CT molecular complexity index is 679. The second kappa shape index (κ2) is 7.89. The summed E-state index contributed by atoms with van der Waals surface area (Å²) in [5.41, 5.74) is 0.938. The molecule has 2 rings (SSSR count). The van der Waals surface area contributed by atoms with Gasteiger partial charge in [-0.1, -0.05) is 55.1 Å². The van der Waals surface area contributed by atoms with Crippen LogP contribution < -0.4 is 5.32 Å². The second-order valence-corrected chi connectivity index (χ2v) is 8.12. The highest BCUT2D eigenvalue weighted by Gasteiger charge is 2.12. The molecule has 0 aliphatic heterocycles. The molecule has 0 bridgehead atoms. The fourth-order valence-electron chi connectivity index (χ4n) is 1.64. The summed E-state index contributed by atoms with van der Waals surface area (Å²) in [4.78, 5) is 11.9. The van der Waals surface area contributed by atoms with Crippen LogP contribution in [0.5, 0.6) is 0 Å². The Hall–Kier alpha value is -1.18. The lowest BCUT2D eigenvalue weighted by atomic mass is 10.1. The first kappa shape index (κ1) is 17.2. The summed E-state index contributed by atoms with van der Waals surface area (Å²) in [6, 6.07) is 9.94. The quantitative estimate of drug-likeness (QED) is 0.632. The van der Waals surface area contributed by atoms with Crippen LogP contribution in [0.15, 0.2) is 34.7 Å². The van der Waals surface area contributed by atoms with Gasteiger partial charge in [0.1, 0.15) is 0 Å². The summed E-state index contributed by atoms with van der Waals surface area (Å²) in [5.74, 6) is 0.806. The number of amides is 1. The Kier molecular flexibility index (Phi) is 6.16. The van der Waals surface area contributed by atoms with Crippen LogP contribution in [0.25, 0.3) is 5.69 Å². The van der Waals surface area contributed by atoms with Gasteiger partial charge in [-0.25, -0.2) is 4.68 Å². The molecule has 0 aliphatic carbocycles. The molecule has 1 N–H and O–H groups in total. The third-order valence-corrected chi connectivity index (χ3v) is 5.61. The van der Waals surface area contributed by atoms with Crippen molar-refractivity contribution in [1.82, 2.24) is 15.1 Å². The van der Waals surface area contributed by atoms with Crippen LogP contribution in [0.1, 0.15) is 20.8 Å². The number of thioether (sulfide) groups is 1. The van der Waals surface area contributed by atoms with Gasteiger partial charge in [0, 0.05) is 6.04 Å². The highest BCUT2D eigenvalue weighted by molar-refractivity contribution is 8.01. The van der Waals surface area contributed by atoms with E-state index in [0.29, 0.717) is 15.6 Å². The minimum absolute atomic E-state index is 0.0265. The maximum absolute atomic E-state index is 11.9. The van der Waals surface area contributed by atoms with Gasteiger partial charge in [0.15, 0.2) is 8.29 Å². The molecule has 2 aromatic rings. The summed E-state index contributed by atoms with van der Waals surface area (Å²) in [6.45, 7) is 6.19. The normalized spacial score (nSPS) is 12.4. The number of carbonyl (C=O) groups excluding carboxylic acids is 1. The van der Waals surface area contributed by atoms with Crippen LogP contribution in [-0.4, -0.2) is 27.5 Å². The predicted molar refractivity (Wildman–Crippen MR) is 95.4 cm³/mol. The molecule has 1 amide bonds. The zero-order valence-corrected chi connectivity index (χ0v) is 15.2. The Balaban J connectivity index is 1.98. The van der Waals surface area contributed by atoms with E-state index >= 15 is 0 Å². The Morgan fingerprint density at radius 1 is 1.36 bits per heavy atom. The number of para-hydroxylation sites is 1. The first-order valence-corrected chi connectivity index (χ1v) is 9.26. The van der Waals surface area contributed by atoms with E-state index in [1.807, 2.05) is 37.3 Å². The smallest absolute Gasteiger partial charge is 0.230 e. The zero-order valence-electron chi connectivity index (χ0n) is 12.8. The van der Waals surface area contributed by atoms with Crippen molar-refractivity contribution < 1.29 is 4.79 Å². The van der Waals surface area contributed by atoms with Crippen molar-refractivity contribution >= 4 is 41.2 Å². The van der Waals surface area contributed by atoms with Crippen molar-refractivity contribution in [3.63, 3.8) is 0 Å². The average molecular weight is 354 g/mol. The molecule has 1 atom stereocenters. The highest BCUT2D eigenvalue weighted by Crippen LogP contribution is 2.23. The molecule has 22 heavy (non-hydrogen) atoms. The predicted octanol–water partition coefficient (Wildman–Crippen LogP) is 3.92. The van der Waals surface area contributed by atoms with E-state index in [0.717, 1.165) is 10.0 Å². The van der Waals surface area contributed by atoms with Crippen molar-refractivity contribution in [3.05, 3.63) is 34.3 Å². The second-order valence-electron chi connectivity index (χ2n) is 5.27. The number of carbonyl (C=O) groups is 1. The van der Waals surface area contributed by atoms with Crippen LogP contribution in [0.4, 0.5) is 0 Å². The molecule has 0 radical (unpaired) electrons. The summed E-state index contributed by atoms with van der Waals surface area (Å²) in [6.07, 6.45) is 0. The van der Waals surface area contributed by atoms with Crippen molar-refractivity contribution in [2.45, 2.75) is 31.2 Å². The van der Waals surface area contributed by atoms with Gasteiger partial charge in [0.05, 0.1) is 11.4 Å². The number of nitrogens with one attached hydrogen (secondary N) is 1. The highest BCUT2D eigenvalue weighted by atomic mass is 32.2. The first-order valence-electron chi connectivity index (χ1n) is 7.05. The molecule has 1 aromatic carbocycles. The van der Waals surface area contributed by atoms with Gasteiger partial charge in [-0.05, 0) is 37.2 Å². The summed E-state index contributed by atoms with van der Waals surface area (Å²) in [5, 5.41) is 7.47. The molecule has 4 nitrogen and oxygen atoms in total. The third kappa shape index (κ3) is 4.66. The molecule has 0 spiro atoms. The third-order valence-electron chi connectivity index (χ3n) is 3.25. The van der Waals surface area contributed by atoms with Crippen LogP contribution in [0, 0.1) is 9.87 Å². The minimum atomic E-state index is 0.0265. The lowest BCUT2D eigenvalue weighted by Crippen LogP contribution is -2.37. The zero-order chi connectivity index (χ0) is 16.1. The minimum Gasteiger partial charge on any atom is -0.353 e. The number of aromatic nitrogens is 2. The van der Waals surface area contributed by atoms with Crippen LogP contribution in [0.2, 0.25) is 0 Å². The van der Waals surface area contributed by atoms with Gasteiger partial charge in [-0.3, -0.25) is 4.79 Å². The maximum Gasteiger partial charge on any atom is 0.230 e. The van der Waals surface area contributed by atoms with E-state index in [2.05, 4.69) is 24.3 Å². The van der Waals surface area contributed by atoms with E-state index in [9.17, 15) is 4.79 Å². The molecule has 0 saturated heterocycles. The van der Waals surface area contributed by atoms with E-state index in [1.165, 1.54) is 23.1 Å². The fraction of sp³-hybridized carbons (Fsp3) is 0.400. The van der Waals surface area contributed by atoms with Crippen molar-refractivity contribution in [3.8, 4) is 5.69 Å². The Labute approximate surface area is 143 Å². The van der Waals surface area contributed by atoms with E-state index in [4.69, 9.17) is 12.2 Å². The van der Waals surface area contributed by atoms with Crippen molar-refractivity contribution in [2.75, 3.05) is 5.75 Å². The molecular formula is C15H19N3OS3. The summed E-state index contributed by atoms with van der Waals surface area (Å²) < 4.78 is 3.22. The van der Waals surface area contributed by atoms with Gasteiger partial charge in [0.25, 0.3) is 0 Å². The lowest BCUT2D eigenvalue weighted by Gasteiger charge is -2.16.